The van der Waals surface area contributed by atoms with E-state index in [0.717, 1.165) is 28.6 Å². The molecule has 0 aliphatic carbocycles. The van der Waals surface area contributed by atoms with Gasteiger partial charge < -0.3 is 0 Å². The van der Waals surface area contributed by atoms with Crippen molar-refractivity contribution in [1.29, 1.82) is 0 Å². The number of rotatable bonds is 5. The number of aromatic nitrogens is 1. The van der Waals surface area contributed by atoms with Gasteiger partial charge >= 0.3 is 0 Å². The van der Waals surface area contributed by atoms with Gasteiger partial charge in [0.25, 0.3) is 0 Å². The van der Waals surface area contributed by atoms with Crippen LogP contribution in [-0.2, 0) is 19.3 Å². The lowest BCUT2D eigenvalue weighted by molar-refractivity contribution is 0.579. The largest absolute Gasteiger partial charge is 0.256 e. The highest BCUT2D eigenvalue weighted by Crippen LogP contribution is 2.28. The van der Waals surface area contributed by atoms with E-state index in [1.54, 1.807) is 12.1 Å². The number of aryl methyl sites for hydroxylation is 3. The first-order chi connectivity index (χ1) is 14.5. The molecule has 3 aromatic carbocycles. The molecule has 0 aliphatic rings. The summed E-state index contributed by atoms with van der Waals surface area (Å²) < 4.78 is 42.3. The van der Waals surface area contributed by atoms with Gasteiger partial charge in [0.1, 0.15) is 22.5 Å². The van der Waals surface area contributed by atoms with Crippen LogP contribution >= 0.6 is 11.6 Å². The van der Waals surface area contributed by atoms with Crippen LogP contribution in [0.1, 0.15) is 23.6 Å². The SMILES string of the molecule is CCc1ccc(-c2ccc3c(F)c(CCc4cc(F)c(Cl)c(F)c4)ccc3c2)nc1. The van der Waals surface area contributed by atoms with Crippen LogP contribution in [0, 0.1) is 17.5 Å². The molecule has 0 N–H and O–H groups in total. The van der Waals surface area contributed by atoms with E-state index < -0.39 is 16.7 Å². The highest BCUT2D eigenvalue weighted by molar-refractivity contribution is 6.30. The summed E-state index contributed by atoms with van der Waals surface area (Å²) in [5.74, 6) is -1.93. The van der Waals surface area contributed by atoms with Gasteiger partial charge in [0, 0.05) is 17.1 Å². The predicted molar refractivity (Wildman–Crippen MR) is 115 cm³/mol. The topological polar surface area (TPSA) is 12.9 Å². The summed E-state index contributed by atoms with van der Waals surface area (Å²) >= 11 is 5.51. The van der Waals surface area contributed by atoms with Crippen molar-refractivity contribution in [3.05, 3.63) is 100.0 Å². The van der Waals surface area contributed by atoms with E-state index in [9.17, 15) is 8.78 Å². The lowest BCUT2D eigenvalue weighted by Gasteiger charge is -2.09. The van der Waals surface area contributed by atoms with Crippen molar-refractivity contribution < 1.29 is 13.2 Å². The first kappa shape index (κ1) is 20.4. The second-order valence-electron chi connectivity index (χ2n) is 7.25. The van der Waals surface area contributed by atoms with Gasteiger partial charge in [0.2, 0.25) is 0 Å². The molecule has 0 saturated heterocycles. The molecule has 1 aromatic heterocycles. The third-order valence-electron chi connectivity index (χ3n) is 5.29. The Morgan fingerprint density at radius 2 is 1.60 bits per heavy atom. The Balaban J connectivity index is 1.59. The molecule has 0 aliphatic heterocycles. The van der Waals surface area contributed by atoms with Gasteiger partial charge in [-0.1, -0.05) is 48.9 Å². The molecular formula is C25H19ClF3N. The van der Waals surface area contributed by atoms with Crippen molar-refractivity contribution >= 4 is 22.4 Å². The van der Waals surface area contributed by atoms with Crippen molar-refractivity contribution in [3.8, 4) is 11.3 Å². The lowest BCUT2D eigenvalue weighted by Crippen LogP contribution is -1.98. The quantitative estimate of drug-likeness (QED) is 0.305. The summed E-state index contributed by atoms with van der Waals surface area (Å²) in [4.78, 5) is 4.49. The van der Waals surface area contributed by atoms with Crippen LogP contribution in [0.5, 0.6) is 0 Å². The highest BCUT2D eigenvalue weighted by Gasteiger charge is 2.12. The molecule has 1 heterocycles. The Labute approximate surface area is 178 Å². The van der Waals surface area contributed by atoms with Crippen LogP contribution in [-0.4, -0.2) is 4.98 Å². The summed E-state index contributed by atoms with van der Waals surface area (Å²) in [5.41, 5.74) is 3.85. The zero-order valence-electron chi connectivity index (χ0n) is 16.4. The molecule has 0 atom stereocenters. The smallest absolute Gasteiger partial charge is 0.145 e. The molecule has 0 spiro atoms. The third kappa shape index (κ3) is 4.05. The van der Waals surface area contributed by atoms with E-state index in [2.05, 4.69) is 11.9 Å². The van der Waals surface area contributed by atoms with E-state index in [-0.39, 0.29) is 5.82 Å². The molecule has 1 nitrogen and oxygen atoms in total. The van der Waals surface area contributed by atoms with Crippen molar-refractivity contribution in [1.82, 2.24) is 4.98 Å². The van der Waals surface area contributed by atoms with Crippen LogP contribution in [0.4, 0.5) is 13.2 Å². The molecule has 0 fully saturated rings. The van der Waals surface area contributed by atoms with Gasteiger partial charge in [-0.25, -0.2) is 13.2 Å². The Bertz CT molecular complexity index is 1200. The maximum Gasteiger partial charge on any atom is 0.145 e. The van der Waals surface area contributed by atoms with Crippen LogP contribution in [0.25, 0.3) is 22.0 Å². The number of pyridine rings is 1. The average Bonchev–Trinajstić information content (AvgIpc) is 2.76. The van der Waals surface area contributed by atoms with E-state index in [4.69, 9.17) is 11.6 Å². The number of benzene rings is 3. The Hall–Kier alpha value is -2.85. The summed E-state index contributed by atoms with van der Waals surface area (Å²) in [6.45, 7) is 2.08. The molecule has 0 unspecified atom stereocenters. The Morgan fingerprint density at radius 3 is 2.27 bits per heavy atom. The molecule has 0 saturated carbocycles. The maximum atomic E-state index is 15.0. The number of halogens is 4. The molecule has 0 amide bonds. The zero-order chi connectivity index (χ0) is 21.3. The molecule has 4 rings (SSSR count). The van der Waals surface area contributed by atoms with Crippen molar-refractivity contribution in [2.45, 2.75) is 26.2 Å². The number of hydrogen-bond acceptors (Lipinski definition) is 1. The van der Waals surface area contributed by atoms with Crippen molar-refractivity contribution in [2.75, 3.05) is 0 Å². The van der Waals surface area contributed by atoms with E-state index in [1.807, 2.05) is 36.5 Å². The highest BCUT2D eigenvalue weighted by atomic mass is 35.5. The van der Waals surface area contributed by atoms with Gasteiger partial charge in [-0.15, -0.1) is 0 Å². The van der Waals surface area contributed by atoms with Crippen LogP contribution < -0.4 is 0 Å². The first-order valence-corrected chi connectivity index (χ1v) is 10.1. The van der Waals surface area contributed by atoms with Gasteiger partial charge in [-0.05, 0) is 65.6 Å². The Morgan fingerprint density at radius 1 is 0.833 bits per heavy atom. The van der Waals surface area contributed by atoms with Crippen LogP contribution in [0.3, 0.4) is 0 Å². The van der Waals surface area contributed by atoms with Gasteiger partial charge in [-0.2, -0.15) is 0 Å². The second kappa shape index (κ2) is 8.49. The monoisotopic (exact) mass is 425 g/mol. The van der Waals surface area contributed by atoms with Crippen molar-refractivity contribution in [3.63, 3.8) is 0 Å². The van der Waals surface area contributed by atoms with Crippen molar-refractivity contribution in [2.24, 2.45) is 0 Å². The minimum Gasteiger partial charge on any atom is -0.256 e. The van der Waals surface area contributed by atoms with Gasteiger partial charge in [-0.3, -0.25) is 4.98 Å². The molecule has 0 radical (unpaired) electrons. The standard InChI is InChI=1S/C25H19ClF3N/c1-2-15-4-10-23(30-14-15)19-8-9-20-18(13-19)7-6-17(25(20)29)5-3-16-11-21(27)24(26)22(28)12-16/h4,6-14H,2-3,5H2,1H3. The van der Waals surface area contributed by atoms with Gasteiger partial charge in [0.05, 0.1) is 5.69 Å². The molecule has 30 heavy (non-hydrogen) atoms. The lowest BCUT2D eigenvalue weighted by atomic mass is 9.98. The molecule has 4 aromatic rings. The summed E-state index contributed by atoms with van der Waals surface area (Å²) in [5, 5.41) is 0.763. The molecule has 5 heteroatoms. The minimum atomic E-state index is -0.807. The number of nitrogens with zero attached hydrogens (tertiary/aromatic N) is 1. The summed E-state index contributed by atoms with van der Waals surface area (Å²) in [6.07, 6.45) is 3.41. The summed E-state index contributed by atoms with van der Waals surface area (Å²) in [7, 11) is 0. The third-order valence-corrected chi connectivity index (χ3v) is 5.65. The summed E-state index contributed by atoms with van der Waals surface area (Å²) in [6, 6.07) is 15.5. The number of fused-ring (bicyclic) bond motifs is 1. The maximum absolute atomic E-state index is 15.0. The molecule has 152 valence electrons. The average molecular weight is 426 g/mol. The fourth-order valence-electron chi connectivity index (χ4n) is 3.53. The van der Waals surface area contributed by atoms with Crippen LogP contribution in [0.15, 0.2) is 60.8 Å². The predicted octanol–water partition coefficient (Wildman–Crippen LogP) is 7.32. The van der Waals surface area contributed by atoms with E-state index in [1.165, 1.54) is 12.1 Å². The first-order valence-electron chi connectivity index (χ1n) is 9.76. The fraction of sp³-hybridized carbons (Fsp3) is 0.160. The number of hydrogen-bond donors (Lipinski definition) is 0. The van der Waals surface area contributed by atoms with E-state index in [0.29, 0.717) is 29.4 Å². The van der Waals surface area contributed by atoms with E-state index >= 15 is 4.39 Å². The van der Waals surface area contributed by atoms with Crippen LogP contribution in [0.2, 0.25) is 5.02 Å². The molecule has 0 bridgehead atoms. The normalized spacial score (nSPS) is 11.2. The Kier molecular flexibility index (Phi) is 5.78. The zero-order valence-corrected chi connectivity index (χ0v) is 17.1. The minimum absolute atomic E-state index is 0.305. The molecular weight excluding hydrogens is 407 g/mol. The fourth-order valence-corrected chi connectivity index (χ4v) is 3.63. The van der Waals surface area contributed by atoms with Gasteiger partial charge in [0.15, 0.2) is 0 Å². The second-order valence-corrected chi connectivity index (χ2v) is 7.63.